The maximum absolute atomic E-state index is 14.5. The summed E-state index contributed by atoms with van der Waals surface area (Å²) >= 11 is 0. The molecule has 0 heterocycles. The van der Waals surface area contributed by atoms with E-state index in [2.05, 4.69) is 0 Å². The molecule has 4 nitrogen and oxygen atoms in total. The Balaban J connectivity index is 1.47. The summed E-state index contributed by atoms with van der Waals surface area (Å²) in [7, 11) is 1.18. The van der Waals surface area contributed by atoms with Crippen molar-refractivity contribution >= 4 is 0 Å². The van der Waals surface area contributed by atoms with E-state index in [1.807, 2.05) is 0 Å². The smallest absolute Gasteiger partial charge is 0.411 e. The summed E-state index contributed by atoms with van der Waals surface area (Å²) in [5.74, 6) is -1.18. The lowest BCUT2D eigenvalue weighted by atomic mass is 9.72. The van der Waals surface area contributed by atoms with Crippen LogP contribution in [0.3, 0.4) is 0 Å². The molecule has 5 aromatic rings. The van der Waals surface area contributed by atoms with Crippen LogP contribution in [0.15, 0.2) is 115 Å². The lowest BCUT2D eigenvalue weighted by molar-refractivity contribution is -0.290. The van der Waals surface area contributed by atoms with Gasteiger partial charge in [-0.1, -0.05) is 72.3 Å². The third-order valence-corrected chi connectivity index (χ3v) is 8.84. The van der Waals surface area contributed by atoms with Crippen LogP contribution < -0.4 is 14.2 Å². The lowest BCUT2D eigenvalue weighted by Crippen LogP contribution is -2.54. The van der Waals surface area contributed by atoms with Crippen LogP contribution in [0, 0.1) is 18.3 Å². The Kier molecular flexibility index (Phi) is 10.6. The fourth-order valence-electron chi connectivity index (χ4n) is 6.20. The Morgan fingerprint density at radius 1 is 0.436 bits per heavy atom. The molecule has 0 unspecified atom stereocenters. The zero-order valence-electron chi connectivity index (χ0n) is 28.2. The minimum Gasteiger partial charge on any atom is -0.497 e. The highest BCUT2D eigenvalue weighted by Gasteiger charge is 2.73. The highest BCUT2D eigenvalue weighted by Crippen LogP contribution is 2.58. The van der Waals surface area contributed by atoms with Gasteiger partial charge in [0.25, 0.3) is 0 Å². The van der Waals surface area contributed by atoms with E-state index in [-0.39, 0.29) is 34.3 Å². The van der Waals surface area contributed by atoms with Gasteiger partial charge in [-0.25, -0.2) is 0 Å². The standard InChI is InChI=1S/C39H25F12NO3/c1-23-6-8-24(9-7-23)34(36(40,41)42,37(43,44)45)26-12-18-29(19-13-26)54-32-4-3-5-33(31(32)22-52)55-30-20-14-27(15-21-30)35(38(46,47)48,39(49,50)51)25-10-16-28(53-2)17-11-25/h3-21H,1-2H3. The number of halogens is 12. The van der Waals surface area contributed by atoms with Crippen molar-refractivity contribution in [1.29, 1.82) is 5.26 Å². The van der Waals surface area contributed by atoms with Crippen molar-refractivity contribution in [2.75, 3.05) is 7.11 Å². The molecule has 0 atom stereocenters. The van der Waals surface area contributed by atoms with Crippen LogP contribution in [0.5, 0.6) is 28.7 Å². The molecule has 5 rings (SSSR count). The van der Waals surface area contributed by atoms with Gasteiger partial charge in [-0.15, -0.1) is 0 Å². The van der Waals surface area contributed by atoms with E-state index in [1.165, 1.54) is 32.2 Å². The minimum absolute atomic E-state index is 0.0188. The zero-order chi connectivity index (χ0) is 40.6. The van der Waals surface area contributed by atoms with E-state index in [1.54, 1.807) is 6.07 Å². The van der Waals surface area contributed by atoms with Crippen LogP contribution in [0.1, 0.15) is 33.4 Å². The van der Waals surface area contributed by atoms with Crippen molar-refractivity contribution in [2.45, 2.75) is 42.5 Å². The summed E-state index contributed by atoms with van der Waals surface area (Å²) < 4.78 is 190. The molecule has 0 aliphatic rings. The van der Waals surface area contributed by atoms with Crippen molar-refractivity contribution in [1.82, 2.24) is 0 Å². The number of nitriles is 1. The van der Waals surface area contributed by atoms with Gasteiger partial charge < -0.3 is 14.2 Å². The van der Waals surface area contributed by atoms with Gasteiger partial charge in [-0.2, -0.15) is 57.9 Å². The normalized spacial score (nSPS) is 12.9. The number of alkyl halides is 12. The Morgan fingerprint density at radius 3 is 1.00 bits per heavy atom. The number of methoxy groups -OCH3 is 1. The largest absolute Gasteiger partial charge is 0.497 e. The van der Waals surface area contributed by atoms with Crippen LogP contribution in [0.4, 0.5) is 52.7 Å². The van der Waals surface area contributed by atoms with Gasteiger partial charge >= 0.3 is 24.7 Å². The maximum atomic E-state index is 14.5. The van der Waals surface area contributed by atoms with E-state index >= 15 is 0 Å². The Bertz CT molecular complexity index is 2120. The summed E-state index contributed by atoms with van der Waals surface area (Å²) in [5.41, 5.74) is -13.4. The highest BCUT2D eigenvalue weighted by atomic mass is 19.4. The second-order valence-corrected chi connectivity index (χ2v) is 12.1. The van der Waals surface area contributed by atoms with Crippen LogP contribution in [-0.4, -0.2) is 31.8 Å². The Labute approximate surface area is 305 Å². The predicted octanol–water partition coefficient (Wildman–Crippen LogP) is 12.3. The Morgan fingerprint density at radius 2 is 0.727 bits per heavy atom. The van der Waals surface area contributed by atoms with Crippen LogP contribution >= 0.6 is 0 Å². The third kappa shape index (κ3) is 7.10. The molecule has 0 N–H and O–H groups in total. The molecule has 0 saturated heterocycles. The number of hydrogen-bond acceptors (Lipinski definition) is 4. The van der Waals surface area contributed by atoms with Crippen LogP contribution in [0.2, 0.25) is 0 Å². The average Bonchev–Trinajstić information content (AvgIpc) is 3.09. The molecule has 0 saturated carbocycles. The second kappa shape index (κ2) is 14.4. The number of nitrogens with zero attached hydrogens (tertiary/aromatic N) is 1. The van der Waals surface area contributed by atoms with Gasteiger partial charge in [-0.05, 0) is 77.7 Å². The van der Waals surface area contributed by atoms with Crippen molar-refractivity contribution < 1.29 is 66.9 Å². The van der Waals surface area contributed by atoms with Gasteiger partial charge in [0, 0.05) is 0 Å². The van der Waals surface area contributed by atoms with Gasteiger partial charge in [0.05, 0.1) is 7.11 Å². The molecule has 0 spiro atoms. The van der Waals surface area contributed by atoms with Gasteiger partial charge in [0.15, 0.2) is 0 Å². The number of hydrogen-bond donors (Lipinski definition) is 0. The van der Waals surface area contributed by atoms with Gasteiger partial charge in [0.2, 0.25) is 10.8 Å². The van der Waals surface area contributed by atoms with Crippen LogP contribution in [-0.2, 0) is 10.8 Å². The molecule has 0 aliphatic carbocycles. The van der Waals surface area contributed by atoms with Gasteiger partial charge in [0.1, 0.15) is 40.4 Å². The summed E-state index contributed by atoms with van der Waals surface area (Å²) in [6.45, 7) is 1.49. The topological polar surface area (TPSA) is 51.5 Å². The molecule has 288 valence electrons. The van der Waals surface area contributed by atoms with E-state index in [4.69, 9.17) is 14.2 Å². The van der Waals surface area contributed by atoms with Crippen molar-refractivity contribution in [3.05, 3.63) is 149 Å². The first-order valence-electron chi connectivity index (χ1n) is 15.7. The molecule has 0 fully saturated rings. The monoisotopic (exact) mass is 783 g/mol. The molecule has 0 bridgehead atoms. The summed E-state index contributed by atoms with van der Waals surface area (Å²) in [6, 6.07) is 18.0. The lowest BCUT2D eigenvalue weighted by Gasteiger charge is -2.38. The molecule has 0 aliphatic heterocycles. The zero-order valence-corrected chi connectivity index (χ0v) is 28.2. The second-order valence-electron chi connectivity index (χ2n) is 12.1. The molecular formula is C39H25F12NO3. The molecular weight excluding hydrogens is 758 g/mol. The summed E-state index contributed by atoms with van der Waals surface area (Å²) in [4.78, 5) is 0. The summed E-state index contributed by atoms with van der Waals surface area (Å²) in [5, 5.41) is 9.91. The third-order valence-electron chi connectivity index (χ3n) is 8.84. The van der Waals surface area contributed by atoms with E-state index in [0.29, 0.717) is 42.0 Å². The van der Waals surface area contributed by atoms with Gasteiger partial charge in [-0.3, -0.25) is 0 Å². The molecule has 0 radical (unpaired) electrons. The molecule has 16 heteroatoms. The SMILES string of the molecule is COc1ccc(C(c2ccc(Oc3cccc(Oc4ccc(C(c5ccc(C)cc5)(C(F)(F)F)C(F)(F)F)cc4)c3C#N)cc2)(C(F)(F)F)C(F)(F)F)cc1. The average molecular weight is 784 g/mol. The molecule has 55 heavy (non-hydrogen) atoms. The van der Waals surface area contributed by atoms with Crippen LogP contribution in [0.25, 0.3) is 0 Å². The number of benzene rings is 5. The van der Waals surface area contributed by atoms with E-state index < -0.39 is 57.8 Å². The minimum atomic E-state index is -5.87. The molecule has 0 amide bonds. The summed E-state index contributed by atoms with van der Waals surface area (Å²) in [6.07, 6.45) is -23.4. The quantitative estimate of drug-likeness (QED) is 0.140. The van der Waals surface area contributed by atoms with Crippen molar-refractivity contribution in [2.24, 2.45) is 0 Å². The van der Waals surface area contributed by atoms with E-state index in [9.17, 15) is 57.9 Å². The predicted molar refractivity (Wildman–Crippen MR) is 174 cm³/mol. The Hall–Kier alpha value is -5.85. The van der Waals surface area contributed by atoms with E-state index in [0.717, 1.165) is 60.7 Å². The number of rotatable bonds is 9. The van der Waals surface area contributed by atoms with Crippen molar-refractivity contribution in [3.8, 4) is 34.8 Å². The number of aryl methyl sites for hydroxylation is 1. The number of ether oxygens (including phenoxy) is 3. The fourth-order valence-corrected chi connectivity index (χ4v) is 6.20. The fraction of sp³-hybridized carbons (Fsp3) is 0.205. The highest BCUT2D eigenvalue weighted by molar-refractivity contribution is 5.56. The molecule has 5 aromatic carbocycles. The molecule has 0 aromatic heterocycles. The maximum Gasteiger partial charge on any atom is 0.411 e. The van der Waals surface area contributed by atoms with Crippen molar-refractivity contribution in [3.63, 3.8) is 0 Å². The first-order valence-corrected chi connectivity index (χ1v) is 15.7. The first kappa shape index (κ1) is 40.3. The first-order chi connectivity index (χ1) is 25.6.